The van der Waals surface area contributed by atoms with Crippen LogP contribution in [0.4, 0.5) is 14.5 Å². The highest BCUT2D eigenvalue weighted by atomic mass is 19.2. The summed E-state index contributed by atoms with van der Waals surface area (Å²) in [7, 11) is 0. The van der Waals surface area contributed by atoms with Crippen LogP contribution in [0.1, 0.15) is 48.6 Å². The Hall–Kier alpha value is -2.96. The summed E-state index contributed by atoms with van der Waals surface area (Å²) in [4.78, 5) is 19.1. The molecule has 2 aromatic heterocycles. The fourth-order valence-electron chi connectivity index (χ4n) is 4.96. The van der Waals surface area contributed by atoms with Gasteiger partial charge in [0, 0.05) is 43.3 Å². The molecule has 1 aromatic carbocycles. The molecule has 30 heavy (non-hydrogen) atoms. The molecule has 3 fully saturated rings. The van der Waals surface area contributed by atoms with Crippen LogP contribution < -0.4 is 4.90 Å². The fraction of sp³-hybridized carbons (Fsp3) is 0.391. The van der Waals surface area contributed by atoms with Crippen LogP contribution in [-0.2, 0) is 0 Å². The SMILES string of the molecule is Fc1cc(C2CC2c2cnc(-c3ncccn3)nc2)cc(N2CC3(CCC3)C2)c1F. The summed E-state index contributed by atoms with van der Waals surface area (Å²) in [6.07, 6.45) is 11.5. The molecule has 2 unspecified atom stereocenters. The van der Waals surface area contributed by atoms with Gasteiger partial charge < -0.3 is 4.90 Å². The summed E-state index contributed by atoms with van der Waals surface area (Å²) < 4.78 is 28.9. The summed E-state index contributed by atoms with van der Waals surface area (Å²) in [5.74, 6) is -0.117. The average Bonchev–Trinajstić information content (AvgIpc) is 3.50. The maximum Gasteiger partial charge on any atom is 0.197 e. The molecular weight excluding hydrogens is 384 g/mol. The number of hydrogen-bond acceptors (Lipinski definition) is 5. The van der Waals surface area contributed by atoms with E-state index in [1.165, 1.54) is 25.3 Å². The van der Waals surface area contributed by atoms with Crippen molar-refractivity contribution in [1.82, 2.24) is 19.9 Å². The van der Waals surface area contributed by atoms with Gasteiger partial charge in [0.15, 0.2) is 23.3 Å². The van der Waals surface area contributed by atoms with Crippen LogP contribution in [-0.4, -0.2) is 33.0 Å². The summed E-state index contributed by atoms with van der Waals surface area (Å²) in [5, 5.41) is 0. The Labute approximate surface area is 173 Å². The van der Waals surface area contributed by atoms with E-state index >= 15 is 0 Å². The third-order valence-corrected chi connectivity index (χ3v) is 6.92. The topological polar surface area (TPSA) is 54.8 Å². The minimum Gasteiger partial charge on any atom is -0.368 e. The molecule has 152 valence electrons. The largest absolute Gasteiger partial charge is 0.368 e. The molecule has 3 aromatic rings. The molecule has 6 rings (SSSR count). The molecule has 0 N–H and O–H groups in total. The molecule has 0 amide bonds. The van der Waals surface area contributed by atoms with Crippen LogP contribution in [0.25, 0.3) is 11.6 Å². The number of aromatic nitrogens is 4. The van der Waals surface area contributed by atoms with Gasteiger partial charge in [-0.3, -0.25) is 0 Å². The van der Waals surface area contributed by atoms with Crippen LogP contribution >= 0.6 is 0 Å². The summed E-state index contributed by atoms with van der Waals surface area (Å²) in [6.45, 7) is 1.69. The molecule has 7 heteroatoms. The Morgan fingerprint density at radius 3 is 2.20 bits per heavy atom. The second-order valence-electron chi connectivity index (χ2n) is 8.91. The van der Waals surface area contributed by atoms with Crippen LogP contribution in [0.5, 0.6) is 0 Å². The molecule has 3 aliphatic rings. The molecule has 1 spiro atoms. The summed E-state index contributed by atoms with van der Waals surface area (Å²) >= 11 is 0. The van der Waals surface area contributed by atoms with Crippen molar-refractivity contribution in [2.75, 3.05) is 18.0 Å². The molecule has 5 nitrogen and oxygen atoms in total. The minimum absolute atomic E-state index is 0.167. The predicted molar refractivity (Wildman–Crippen MR) is 108 cm³/mol. The fourth-order valence-corrected chi connectivity index (χ4v) is 4.96. The summed E-state index contributed by atoms with van der Waals surface area (Å²) in [5.41, 5.74) is 2.64. The lowest BCUT2D eigenvalue weighted by Crippen LogP contribution is -2.60. The van der Waals surface area contributed by atoms with Crippen molar-refractivity contribution >= 4 is 5.69 Å². The number of anilines is 1. The maximum atomic E-state index is 14.5. The lowest BCUT2D eigenvalue weighted by molar-refractivity contribution is 0.0896. The Kier molecular flexibility index (Phi) is 3.88. The van der Waals surface area contributed by atoms with E-state index in [1.807, 2.05) is 11.0 Å². The first-order chi connectivity index (χ1) is 14.6. The summed E-state index contributed by atoms with van der Waals surface area (Å²) in [6, 6.07) is 4.95. The van der Waals surface area contributed by atoms with Gasteiger partial charge in [-0.1, -0.05) is 6.42 Å². The number of nitrogens with zero attached hydrogens (tertiary/aromatic N) is 5. The van der Waals surface area contributed by atoms with Gasteiger partial charge in [-0.25, -0.2) is 28.7 Å². The van der Waals surface area contributed by atoms with E-state index in [9.17, 15) is 8.78 Å². The third kappa shape index (κ3) is 2.87. The van der Waals surface area contributed by atoms with Crippen molar-refractivity contribution in [1.29, 1.82) is 0 Å². The van der Waals surface area contributed by atoms with Gasteiger partial charge in [0.2, 0.25) is 0 Å². The highest BCUT2D eigenvalue weighted by Crippen LogP contribution is 2.56. The number of benzene rings is 1. The van der Waals surface area contributed by atoms with Crippen LogP contribution in [0.3, 0.4) is 0 Å². The standard InChI is InChI=1S/C23H21F2N5/c24-18-7-14(8-19(20(18)25)30-12-23(13-30)3-1-4-23)16-9-17(16)15-10-28-22(29-11-15)21-26-5-2-6-27-21/h2,5-8,10-11,16-17H,1,3-4,9,12-13H2. The smallest absolute Gasteiger partial charge is 0.197 e. The number of hydrogen-bond donors (Lipinski definition) is 0. The molecule has 0 bridgehead atoms. The maximum absolute atomic E-state index is 14.5. The molecule has 3 heterocycles. The van der Waals surface area contributed by atoms with Crippen molar-refractivity contribution in [3.05, 3.63) is 65.7 Å². The van der Waals surface area contributed by atoms with Crippen molar-refractivity contribution in [2.45, 2.75) is 37.5 Å². The molecular formula is C23H21F2N5. The van der Waals surface area contributed by atoms with Gasteiger partial charge in [-0.2, -0.15) is 0 Å². The van der Waals surface area contributed by atoms with Gasteiger partial charge in [0.05, 0.1) is 5.69 Å². The van der Waals surface area contributed by atoms with Crippen molar-refractivity contribution in [3.63, 3.8) is 0 Å². The monoisotopic (exact) mass is 405 g/mol. The lowest BCUT2D eigenvalue weighted by atomic mass is 9.63. The van der Waals surface area contributed by atoms with E-state index in [1.54, 1.807) is 30.9 Å². The van der Waals surface area contributed by atoms with Gasteiger partial charge in [-0.15, -0.1) is 0 Å². The second-order valence-corrected chi connectivity index (χ2v) is 8.91. The first-order valence-electron chi connectivity index (χ1n) is 10.5. The normalized spacial score (nSPS) is 23.7. The Bertz CT molecular complexity index is 1090. The van der Waals surface area contributed by atoms with E-state index in [2.05, 4.69) is 19.9 Å². The lowest BCUT2D eigenvalue weighted by Gasteiger charge is -2.57. The Balaban J connectivity index is 1.21. The van der Waals surface area contributed by atoms with E-state index < -0.39 is 11.6 Å². The van der Waals surface area contributed by atoms with Gasteiger partial charge >= 0.3 is 0 Å². The van der Waals surface area contributed by atoms with Crippen molar-refractivity contribution in [3.8, 4) is 11.6 Å². The first-order valence-corrected chi connectivity index (χ1v) is 10.5. The zero-order valence-corrected chi connectivity index (χ0v) is 16.4. The van der Waals surface area contributed by atoms with E-state index in [4.69, 9.17) is 0 Å². The highest BCUT2D eigenvalue weighted by molar-refractivity contribution is 5.56. The zero-order chi connectivity index (χ0) is 20.3. The predicted octanol–water partition coefficient (Wildman–Crippen LogP) is 4.47. The first kappa shape index (κ1) is 17.9. The molecule has 2 atom stereocenters. The molecule has 2 saturated carbocycles. The quantitative estimate of drug-likeness (QED) is 0.641. The van der Waals surface area contributed by atoms with Gasteiger partial charge in [0.1, 0.15) is 0 Å². The minimum atomic E-state index is -0.754. The number of rotatable bonds is 4. The van der Waals surface area contributed by atoms with Crippen molar-refractivity contribution in [2.24, 2.45) is 5.41 Å². The van der Waals surface area contributed by atoms with Crippen LogP contribution in [0, 0.1) is 17.0 Å². The Morgan fingerprint density at radius 1 is 0.867 bits per heavy atom. The van der Waals surface area contributed by atoms with Crippen LogP contribution in [0.15, 0.2) is 43.0 Å². The van der Waals surface area contributed by atoms with Gasteiger partial charge in [0.25, 0.3) is 0 Å². The third-order valence-electron chi connectivity index (χ3n) is 6.92. The Morgan fingerprint density at radius 2 is 1.53 bits per heavy atom. The highest BCUT2D eigenvalue weighted by Gasteiger charge is 2.48. The number of halogens is 2. The van der Waals surface area contributed by atoms with E-state index in [-0.39, 0.29) is 11.8 Å². The molecule has 0 radical (unpaired) electrons. The van der Waals surface area contributed by atoms with E-state index in [0.717, 1.165) is 30.6 Å². The van der Waals surface area contributed by atoms with Crippen LogP contribution in [0.2, 0.25) is 0 Å². The molecule has 2 aliphatic carbocycles. The zero-order valence-electron chi connectivity index (χ0n) is 16.4. The van der Waals surface area contributed by atoms with E-state index in [0.29, 0.717) is 22.8 Å². The molecule has 1 saturated heterocycles. The van der Waals surface area contributed by atoms with Gasteiger partial charge in [-0.05, 0) is 60.4 Å². The van der Waals surface area contributed by atoms with Crippen molar-refractivity contribution < 1.29 is 8.78 Å². The second kappa shape index (κ2) is 6.52. The molecule has 1 aliphatic heterocycles. The average molecular weight is 405 g/mol.